The van der Waals surface area contributed by atoms with E-state index in [4.69, 9.17) is 5.73 Å². The molecule has 17 heavy (non-hydrogen) atoms. The fraction of sp³-hybridized carbons (Fsp3) is 0.583. The zero-order valence-corrected chi connectivity index (χ0v) is 9.98. The van der Waals surface area contributed by atoms with Crippen molar-refractivity contribution in [3.8, 4) is 0 Å². The summed E-state index contributed by atoms with van der Waals surface area (Å²) >= 11 is 0. The molecule has 90 valence electrons. The summed E-state index contributed by atoms with van der Waals surface area (Å²) in [4.78, 5) is 15.9. The molecule has 0 amide bonds. The third kappa shape index (κ3) is 1.85. The van der Waals surface area contributed by atoms with Crippen molar-refractivity contribution in [3.05, 3.63) is 12.2 Å². The summed E-state index contributed by atoms with van der Waals surface area (Å²) in [5.41, 5.74) is 7.26. The number of fused-ring (bicyclic) bond motifs is 1. The van der Waals surface area contributed by atoms with Gasteiger partial charge in [-0.2, -0.15) is 0 Å². The lowest BCUT2D eigenvalue weighted by Crippen LogP contribution is -2.11. The zero-order chi connectivity index (χ0) is 11.8. The Morgan fingerprint density at radius 1 is 1.24 bits per heavy atom. The van der Waals surface area contributed by atoms with E-state index >= 15 is 0 Å². The van der Waals surface area contributed by atoms with E-state index in [9.17, 15) is 0 Å². The molecule has 2 aromatic rings. The van der Waals surface area contributed by atoms with Gasteiger partial charge in [-0.15, -0.1) is 0 Å². The Balaban J connectivity index is 1.93. The minimum absolute atomic E-state index is 0.484. The molecule has 0 aliphatic heterocycles. The molecule has 5 nitrogen and oxygen atoms in total. The molecule has 3 N–H and O–H groups in total. The molecule has 2 aromatic heterocycles. The molecule has 1 fully saturated rings. The Bertz CT molecular complexity index is 525. The number of hydrogen-bond donors (Lipinski definition) is 2. The second-order valence-electron chi connectivity index (χ2n) is 5.04. The quantitative estimate of drug-likeness (QED) is 0.788. The molecule has 2 heterocycles. The van der Waals surface area contributed by atoms with Crippen molar-refractivity contribution in [1.29, 1.82) is 0 Å². The minimum Gasteiger partial charge on any atom is -0.382 e. The van der Waals surface area contributed by atoms with E-state index in [0.717, 1.165) is 17.3 Å². The van der Waals surface area contributed by atoms with Crippen molar-refractivity contribution in [2.75, 3.05) is 5.73 Å². The maximum Gasteiger partial charge on any atom is 0.183 e. The third-order valence-corrected chi connectivity index (χ3v) is 3.74. The first-order chi connectivity index (χ1) is 8.24. The molecular formula is C12H17N5. The van der Waals surface area contributed by atoms with Crippen LogP contribution in [0.15, 0.2) is 6.33 Å². The minimum atomic E-state index is 0.484. The number of anilines is 1. The van der Waals surface area contributed by atoms with Gasteiger partial charge in [0.15, 0.2) is 11.5 Å². The highest BCUT2D eigenvalue weighted by Gasteiger charge is 2.22. The van der Waals surface area contributed by atoms with Crippen LogP contribution in [0.25, 0.3) is 11.2 Å². The van der Waals surface area contributed by atoms with E-state index in [1.54, 1.807) is 0 Å². The summed E-state index contributed by atoms with van der Waals surface area (Å²) in [7, 11) is 0. The summed E-state index contributed by atoms with van der Waals surface area (Å²) in [6, 6.07) is 0. The maximum absolute atomic E-state index is 5.80. The molecule has 0 unspecified atom stereocenters. The van der Waals surface area contributed by atoms with E-state index < -0.39 is 0 Å². The number of nitrogens with one attached hydrogen (secondary N) is 1. The van der Waals surface area contributed by atoms with E-state index in [1.165, 1.54) is 32.0 Å². The number of aromatic nitrogens is 4. The van der Waals surface area contributed by atoms with Crippen molar-refractivity contribution < 1.29 is 0 Å². The number of rotatable bonds is 1. The van der Waals surface area contributed by atoms with Crippen molar-refractivity contribution in [3.63, 3.8) is 0 Å². The Labute approximate surface area is 99.9 Å². The largest absolute Gasteiger partial charge is 0.382 e. The molecule has 0 aromatic carbocycles. The summed E-state index contributed by atoms with van der Waals surface area (Å²) < 4.78 is 0. The van der Waals surface area contributed by atoms with Crippen LogP contribution in [0.2, 0.25) is 0 Å². The number of H-pyrrole nitrogens is 1. The lowest BCUT2D eigenvalue weighted by atomic mass is 9.83. The topological polar surface area (TPSA) is 80.5 Å². The van der Waals surface area contributed by atoms with Gasteiger partial charge in [-0.25, -0.2) is 15.0 Å². The monoisotopic (exact) mass is 231 g/mol. The maximum atomic E-state index is 5.80. The molecule has 0 bridgehead atoms. The van der Waals surface area contributed by atoms with Crippen LogP contribution in [0.1, 0.15) is 44.3 Å². The van der Waals surface area contributed by atoms with Crippen molar-refractivity contribution in [2.45, 2.75) is 38.5 Å². The van der Waals surface area contributed by atoms with Crippen molar-refractivity contribution in [1.82, 2.24) is 19.9 Å². The van der Waals surface area contributed by atoms with Crippen LogP contribution in [0, 0.1) is 5.92 Å². The smallest absolute Gasteiger partial charge is 0.183 e. The summed E-state index contributed by atoms with van der Waals surface area (Å²) in [6.07, 6.45) is 6.43. The Morgan fingerprint density at radius 3 is 2.71 bits per heavy atom. The van der Waals surface area contributed by atoms with E-state index in [2.05, 4.69) is 26.9 Å². The van der Waals surface area contributed by atoms with Crippen molar-refractivity contribution in [2.24, 2.45) is 5.92 Å². The molecule has 0 saturated heterocycles. The lowest BCUT2D eigenvalue weighted by Gasteiger charge is -2.24. The highest BCUT2D eigenvalue weighted by atomic mass is 15.0. The van der Waals surface area contributed by atoms with Crippen molar-refractivity contribution >= 4 is 17.0 Å². The number of nitrogens with zero attached hydrogens (tertiary/aromatic N) is 3. The molecular weight excluding hydrogens is 214 g/mol. The van der Waals surface area contributed by atoms with Gasteiger partial charge in [-0.1, -0.05) is 19.8 Å². The van der Waals surface area contributed by atoms with Crippen LogP contribution >= 0.6 is 0 Å². The molecule has 0 radical (unpaired) electrons. The summed E-state index contributed by atoms with van der Waals surface area (Å²) in [6.45, 7) is 2.32. The Kier molecular flexibility index (Phi) is 2.46. The average Bonchev–Trinajstić information content (AvgIpc) is 2.75. The number of imidazole rings is 1. The number of aromatic amines is 1. The normalized spacial score (nSPS) is 25.2. The summed E-state index contributed by atoms with van der Waals surface area (Å²) in [5, 5.41) is 0. The van der Waals surface area contributed by atoms with Crippen LogP contribution in [0.5, 0.6) is 0 Å². The Hall–Kier alpha value is -1.65. The third-order valence-electron chi connectivity index (χ3n) is 3.74. The molecule has 1 saturated carbocycles. The van der Waals surface area contributed by atoms with Gasteiger partial charge in [0.05, 0.1) is 0 Å². The molecule has 0 spiro atoms. The molecule has 1 aliphatic carbocycles. The van der Waals surface area contributed by atoms with Gasteiger partial charge >= 0.3 is 0 Å². The van der Waals surface area contributed by atoms with Crippen LogP contribution < -0.4 is 5.73 Å². The number of hydrogen-bond acceptors (Lipinski definition) is 4. The SMILES string of the molecule is CC1CCC(c2nc3ncnc(N)c3[nH]2)CC1. The van der Waals surface area contributed by atoms with Gasteiger partial charge in [0, 0.05) is 5.92 Å². The molecule has 3 rings (SSSR count). The zero-order valence-electron chi connectivity index (χ0n) is 9.98. The first-order valence-corrected chi connectivity index (χ1v) is 6.20. The van der Waals surface area contributed by atoms with Crippen LogP contribution in [0.4, 0.5) is 5.82 Å². The summed E-state index contributed by atoms with van der Waals surface area (Å²) in [5.74, 6) is 2.89. The fourth-order valence-corrected chi connectivity index (χ4v) is 2.59. The van der Waals surface area contributed by atoms with Crippen LogP contribution in [-0.2, 0) is 0 Å². The predicted octanol–water partition coefficient (Wildman–Crippen LogP) is 2.23. The van der Waals surface area contributed by atoms with E-state index in [0.29, 0.717) is 17.4 Å². The highest BCUT2D eigenvalue weighted by molar-refractivity contribution is 5.81. The standard InChI is InChI=1S/C12H17N5/c1-7-2-4-8(5-3-7)11-16-9-10(13)14-6-15-12(9)17-11/h6-8H,2-5H2,1H3,(H3,13,14,15,16,17). The van der Waals surface area contributed by atoms with Gasteiger partial charge in [0.25, 0.3) is 0 Å². The van der Waals surface area contributed by atoms with Gasteiger partial charge in [-0.05, 0) is 18.8 Å². The molecule has 5 heteroatoms. The second-order valence-corrected chi connectivity index (χ2v) is 5.04. The number of nitrogen functional groups attached to an aromatic ring is 1. The molecule has 0 atom stereocenters. The van der Waals surface area contributed by atoms with Crippen LogP contribution in [0.3, 0.4) is 0 Å². The van der Waals surface area contributed by atoms with E-state index in [1.807, 2.05) is 0 Å². The van der Waals surface area contributed by atoms with Gasteiger partial charge in [0.2, 0.25) is 0 Å². The van der Waals surface area contributed by atoms with Gasteiger partial charge < -0.3 is 10.7 Å². The van der Waals surface area contributed by atoms with Gasteiger partial charge in [-0.3, -0.25) is 0 Å². The fourth-order valence-electron chi connectivity index (χ4n) is 2.59. The first-order valence-electron chi connectivity index (χ1n) is 6.20. The first kappa shape index (κ1) is 10.5. The average molecular weight is 231 g/mol. The van der Waals surface area contributed by atoms with Crippen LogP contribution in [-0.4, -0.2) is 19.9 Å². The predicted molar refractivity (Wildman–Crippen MR) is 66.5 cm³/mol. The lowest BCUT2D eigenvalue weighted by molar-refractivity contribution is 0.341. The molecule has 1 aliphatic rings. The second kappa shape index (κ2) is 3.98. The number of nitrogens with two attached hydrogens (primary N) is 1. The Morgan fingerprint density at radius 2 is 2.00 bits per heavy atom. The van der Waals surface area contributed by atoms with Gasteiger partial charge in [0.1, 0.15) is 17.7 Å². The highest BCUT2D eigenvalue weighted by Crippen LogP contribution is 2.34. The van der Waals surface area contributed by atoms with E-state index in [-0.39, 0.29) is 0 Å².